The number of fused-ring (bicyclic) bond motifs is 1. The average molecular weight is 344 g/mol. The number of carboxylic acid groups (broad SMARTS) is 1. The molecule has 1 unspecified atom stereocenters. The lowest BCUT2D eigenvalue weighted by Gasteiger charge is -2.35. The molecule has 1 atom stereocenters. The summed E-state index contributed by atoms with van der Waals surface area (Å²) in [5.74, 6) is 2.58. The molecule has 1 aliphatic heterocycles. The van der Waals surface area contributed by atoms with Crippen molar-refractivity contribution in [3.05, 3.63) is 71.3 Å². The highest BCUT2D eigenvalue weighted by Gasteiger charge is 2.62. The number of aliphatic carboxylic acids is 1. The van der Waals surface area contributed by atoms with E-state index >= 15 is 0 Å². The van der Waals surface area contributed by atoms with Gasteiger partial charge in [-0.15, -0.1) is 0 Å². The molecule has 0 aromatic heterocycles. The van der Waals surface area contributed by atoms with Crippen LogP contribution in [0.25, 0.3) is 6.08 Å². The van der Waals surface area contributed by atoms with Crippen LogP contribution in [0, 0.1) is 11.8 Å². The number of para-hydroxylation sites is 1. The SMILES string of the molecule is O=C(O)C1=Cc2ccccc2OC1(C#Cc1ccccc1)C(F)(F)F. The van der Waals surface area contributed by atoms with Gasteiger partial charge in [0.1, 0.15) is 11.3 Å². The van der Waals surface area contributed by atoms with Gasteiger partial charge in [0.25, 0.3) is 5.60 Å². The van der Waals surface area contributed by atoms with Crippen LogP contribution in [0.4, 0.5) is 13.2 Å². The third-order valence-corrected chi connectivity index (χ3v) is 3.65. The van der Waals surface area contributed by atoms with Crippen LogP contribution in [-0.2, 0) is 4.79 Å². The molecule has 0 aliphatic carbocycles. The number of halogens is 3. The third kappa shape index (κ3) is 2.96. The number of carboxylic acids is 1. The smallest absolute Gasteiger partial charge is 0.445 e. The Morgan fingerprint density at radius 1 is 1.04 bits per heavy atom. The first-order chi connectivity index (χ1) is 11.8. The molecule has 2 aromatic carbocycles. The lowest BCUT2D eigenvalue weighted by molar-refractivity contribution is -0.213. The molecule has 3 rings (SSSR count). The maximum absolute atomic E-state index is 13.9. The van der Waals surface area contributed by atoms with E-state index in [0.29, 0.717) is 5.56 Å². The number of ether oxygens (including phenoxy) is 1. The van der Waals surface area contributed by atoms with Gasteiger partial charge in [-0.05, 0) is 30.2 Å². The van der Waals surface area contributed by atoms with Gasteiger partial charge in [-0.1, -0.05) is 42.3 Å². The summed E-state index contributed by atoms with van der Waals surface area (Å²) < 4.78 is 46.7. The molecule has 1 N–H and O–H groups in total. The van der Waals surface area contributed by atoms with Gasteiger partial charge in [-0.3, -0.25) is 0 Å². The molecule has 0 saturated heterocycles. The molecule has 126 valence electrons. The van der Waals surface area contributed by atoms with Crippen LogP contribution in [-0.4, -0.2) is 22.9 Å². The second-order valence-electron chi connectivity index (χ2n) is 5.30. The summed E-state index contributed by atoms with van der Waals surface area (Å²) in [5, 5.41) is 9.34. The van der Waals surface area contributed by atoms with Crippen LogP contribution in [0.5, 0.6) is 5.75 Å². The molecule has 3 nitrogen and oxygen atoms in total. The molecule has 0 radical (unpaired) electrons. The van der Waals surface area contributed by atoms with Crippen molar-refractivity contribution in [2.24, 2.45) is 0 Å². The van der Waals surface area contributed by atoms with Gasteiger partial charge in [0.05, 0.1) is 0 Å². The summed E-state index contributed by atoms with van der Waals surface area (Å²) in [5.41, 5.74) is -3.65. The van der Waals surface area contributed by atoms with Gasteiger partial charge in [-0.25, -0.2) is 4.79 Å². The van der Waals surface area contributed by atoms with Crippen molar-refractivity contribution >= 4 is 12.0 Å². The van der Waals surface area contributed by atoms with Crippen molar-refractivity contribution in [3.63, 3.8) is 0 Å². The highest BCUT2D eigenvalue weighted by Crippen LogP contribution is 2.45. The minimum absolute atomic E-state index is 0.0767. The van der Waals surface area contributed by atoms with E-state index in [1.165, 1.54) is 30.3 Å². The van der Waals surface area contributed by atoms with Gasteiger partial charge in [0.2, 0.25) is 0 Å². The zero-order valence-electron chi connectivity index (χ0n) is 12.7. The first kappa shape index (κ1) is 16.7. The molecule has 1 aliphatic rings. The minimum atomic E-state index is -5.05. The lowest BCUT2D eigenvalue weighted by Crippen LogP contribution is -2.53. The summed E-state index contributed by atoms with van der Waals surface area (Å²) in [6, 6.07) is 13.9. The van der Waals surface area contributed by atoms with E-state index in [1.54, 1.807) is 24.3 Å². The number of rotatable bonds is 1. The summed E-state index contributed by atoms with van der Waals surface area (Å²) in [6.07, 6.45) is -4.10. The zero-order valence-corrected chi connectivity index (χ0v) is 12.7. The van der Waals surface area contributed by atoms with Gasteiger partial charge in [-0.2, -0.15) is 13.2 Å². The average Bonchev–Trinajstić information content (AvgIpc) is 2.59. The van der Waals surface area contributed by atoms with Crippen molar-refractivity contribution < 1.29 is 27.8 Å². The molecule has 6 heteroatoms. The summed E-state index contributed by atoms with van der Waals surface area (Å²) in [7, 11) is 0. The van der Waals surface area contributed by atoms with Gasteiger partial charge in [0.15, 0.2) is 0 Å². The normalized spacial score (nSPS) is 18.9. The predicted molar refractivity (Wildman–Crippen MR) is 84.8 cm³/mol. The maximum atomic E-state index is 13.9. The number of benzene rings is 2. The van der Waals surface area contributed by atoms with Gasteiger partial charge < -0.3 is 9.84 Å². The standard InChI is InChI=1S/C19H11F3O3/c20-19(21,22)18(11-10-13-6-2-1-3-7-13)15(17(23)24)12-14-8-4-5-9-16(14)25-18/h1-9,12H,(H,23,24). The third-order valence-electron chi connectivity index (χ3n) is 3.65. The monoisotopic (exact) mass is 344 g/mol. The summed E-state index contributed by atoms with van der Waals surface area (Å²) >= 11 is 0. The van der Waals surface area contributed by atoms with E-state index in [0.717, 1.165) is 6.08 Å². The van der Waals surface area contributed by atoms with E-state index < -0.39 is 23.3 Å². The van der Waals surface area contributed by atoms with E-state index in [4.69, 9.17) is 4.74 Å². The Morgan fingerprint density at radius 2 is 1.68 bits per heavy atom. The van der Waals surface area contributed by atoms with Crippen LogP contribution in [0.3, 0.4) is 0 Å². The topological polar surface area (TPSA) is 46.5 Å². The number of hydrogen-bond acceptors (Lipinski definition) is 2. The molecule has 0 saturated carbocycles. The fraction of sp³-hybridized carbons (Fsp3) is 0.105. The van der Waals surface area contributed by atoms with Crippen molar-refractivity contribution in [2.45, 2.75) is 11.8 Å². The minimum Gasteiger partial charge on any atom is -0.478 e. The Balaban J connectivity index is 2.22. The number of carbonyl (C=O) groups is 1. The molecule has 25 heavy (non-hydrogen) atoms. The van der Waals surface area contributed by atoms with E-state index in [2.05, 4.69) is 5.92 Å². The summed E-state index contributed by atoms with van der Waals surface area (Å²) in [6.45, 7) is 0. The van der Waals surface area contributed by atoms with Crippen LogP contribution in [0.1, 0.15) is 11.1 Å². The second kappa shape index (κ2) is 6.02. The van der Waals surface area contributed by atoms with Gasteiger partial charge in [0, 0.05) is 11.1 Å². The largest absolute Gasteiger partial charge is 0.478 e. The van der Waals surface area contributed by atoms with Crippen LogP contribution in [0.15, 0.2) is 60.2 Å². The molecule has 2 aromatic rings. The summed E-state index contributed by atoms with van der Waals surface area (Å²) in [4.78, 5) is 11.5. The van der Waals surface area contributed by atoms with E-state index in [-0.39, 0.29) is 11.3 Å². The van der Waals surface area contributed by atoms with Crippen LogP contribution < -0.4 is 4.74 Å². The first-order valence-electron chi connectivity index (χ1n) is 7.22. The van der Waals surface area contributed by atoms with E-state index in [1.807, 2.05) is 5.92 Å². The molecular weight excluding hydrogens is 333 g/mol. The van der Waals surface area contributed by atoms with Crippen molar-refractivity contribution in [3.8, 4) is 17.6 Å². The van der Waals surface area contributed by atoms with E-state index in [9.17, 15) is 23.1 Å². The highest BCUT2D eigenvalue weighted by atomic mass is 19.4. The highest BCUT2D eigenvalue weighted by molar-refractivity contribution is 5.97. The molecular formula is C19H11F3O3. The Labute approximate surface area is 141 Å². The van der Waals surface area contributed by atoms with Crippen molar-refractivity contribution in [2.75, 3.05) is 0 Å². The first-order valence-corrected chi connectivity index (χ1v) is 7.22. The quantitative estimate of drug-likeness (QED) is 0.798. The fourth-order valence-electron chi connectivity index (χ4n) is 2.44. The molecule has 0 spiro atoms. The molecule has 0 bridgehead atoms. The Kier molecular flexibility index (Phi) is 4.01. The second-order valence-corrected chi connectivity index (χ2v) is 5.30. The zero-order chi connectivity index (χ0) is 18.1. The Morgan fingerprint density at radius 3 is 2.32 bits per heavy atom. The number of hydrogen-bond donors (Lipinski definition) is 1. The van der Waals surface area contributed by atoms with Gasteiger partial charge >= 0.3 is 12.1 Å². The number of alkyl halides is 3. The lowest BCUT2D eigenvalue weighted by atomic mass is 9.88. The predicted octanol–water partition coefficient (Wildman–Crippen LogP) is 3.90. The van der Waals surface area contributed by atoms with Crippen molar-refractivity contribution in [1.29, 1.82) is 0 Å². The Bertz CT molecular complexity index is 905. The maximum Gasteiger partial charge on any atom is 0.445 e. The van der Waals surface area contributed by atoms with Crippen LogP contribution >= 0.6 is 0 Å². The molecule has 0 fully saturated rings. The molecule has 1 heterocycles. The van der Waals surface area contributed by atoms with Crippen LogP contribution in [0.2, 0.25) is 0 Å². The molecule has 0 amide bonds. The van der Waals surface area contributed by atoms with Crippen molar-refractivity contribution in [1.82, 2.24) is 0 Å². The fourth-order valence-corrected chi connectivity index (χ4v) is 2.44. The Hall–Kier alpha value is -3.20.